The quantitative estimate of drug-likeness (QED) is 0.628. The number of hydrogen-bond acceptors (Lipinski definition) is 7. The lowest BCUT2D eigenvalue weighted by Gasteiger charge is -2.26. The van der Waals surface area contributed by atoms with E-state index >= 15 is 0 Å². The van der Waals surface area contributed by atoms with E-state index in [2.05, 4.69) is 5.32 Å². The zero-order valence-corrected chi connectivity index (χ0v) is 18.5. The van der Waals surface area contributed by atoms with E-state index in [0.29, 0.717) is 11.1 Å². The maximum absolute atomic E-state index is 14.7. The van der Waals surface area contributed by atoms with Crippen molar-refractivity contribution in [3.05, 3.63) is 53.3 Å². The van der Waals surface area contributed by atoms with Crippen LogP contribution in [0.25, 0.3) is 11.1 Å². The summed E-state index contributed by atoms with van der Waals surface area (Å²) in [6, 6.07) is 11.5. The number of aliphatic hydroxyl groups excluding tert-OH is 1. The van der Waals surface area contributed by atoms with E-state index in [-0.39, 0.29) is 22.4 Å². The molecule has 164 valence electrons. The van der Waals surface area contributed by atoms with Gasteiger partial charge in [0.1, 0.15) is 17.9 Å². The van der Waals surface area contributed by atoms with Gasteiger partial charge in [-0.05, 0) is 55.7 Å². The van der Waals surface area contributed by atoms with Crippen LogP contribution in [0.1, 0.15) is 31.9 Å². The topological polar surface area (TPSA) is 123 Å². The number of aliphatic hydroxyl groups is 1. The summed E-state index contributed by atoms with van der Waals surface area (Å²) in [4.78, 5) is -0.0881. The minimum absolute atomic E-state index is 0.0103. The second kappa shape index (κ2) is 9.54. The molecular formula is C22H24FN3O4S. The van der Waals surface area contributed by atoms with E-state index in [1.165, 1.54) is 30.3 Å². The first kappa shape index (κ1) is 24.4. The number of ether oxygens (including phenoxy) is 1. The molecule has 0 heterocycles. The molecule has 2 aromatic rings. The van der Waals surface area contributed by atoms with Crippen LogP contribution in [0.15, 0.2) is 41.3 Å². The molecule has 0 saturated carbocycles. The Hall–Kier alpha value is -2.82. The molecule has 0 radical (unpaired) electrons. The van der Waals surface area contributed by atoms with Crippen LogP contribution in [-0.4, -0.2) is 37.8 Å². The Morgan fingerprint density at radius 1 is 1.16 bits per heavy atom. The number of rotatable bonds is 7. The summed E-state index contributed by atoms with van der Waals surface area (Å²) in [6.07, 6.45) is -0.380. The molecule has 0 aromatic heterocycles. The maximum Gasteiger partial charge on any atom is 0.215 e. The highest BCUT2D eigenvalue weighted by atomic mass is 32.2. The van der Waals surface area contributed by atoms with Crippen molar-refractivity contribution in [3.63, 3.8) is 0 Å². The summed E-state index contributed by atoms with van der Waals surface area (Å²) in [6.45, 7) is 5.24. The number of sulfone groups is 1. The molecule has 0 fully saturated rings. The zero-order valence-electron chi connectivity index (χ0n) is 17.7. The maximum atomic E-state index is 14.7. The van der Waals surface area contributed by atoms with Gasteiger partial charge >= 0.3 is 0 Å². The van der Waals surface area contributed by atoms with Gasteiger partial charge in [-0.25, -0.2) is 12.8 Å². The van der Waals surface area contributed by atoms with Crippen LogP contribution in [0.5, 0.6) is 0 Å². The Morgan fingerprint density at radius 2 is 1.77 bits per heavy atom. The van der Waals surface area contributed by atoms with Crippen LogP contribution >= 0.6 is 0 Å². The third kappa shape index (κ3) is 6.84. The highest BCUT2D eigenvalue weighted by Gasteiger charge is 2.21. The first-order chi connectivity index (χ1) is 14.3. The van der Waals surface area contributed by atoms with Gasteiger partial charge in [0.2, 0.25) is 6.41 Å². The normalized spacial score (nSPS) is 13.8. The Balaban J connectivity index is 2.24. The summed E-state index contributed by atoms with van der Waals surface area (Å²) in [5, 5.41) is 31.1. The SMILES string of the molecule is CC(C)(C)OC(O)N[C@H](C#N)Cc1ccc(-c2ccc(S(C)(=O)=O)c(C#N)c2)cc1F. The van der Waals surface area contributed by atoms with E-state index < -0.39 is 33.7 Å². The molecule has 2 rings (SSSR count). The van der Waals surface area contributed by atoms with Crippen molar-refractivity contribution >= 4 is 9.84 Å². The van der Waals surface area contributed by atoms with Gasteiger partial charge in [-0.3, -0.25) is 5.32 Å². The van der Waals surface area contributed by atoms with Crippen LogP contribution in [0.3, 0.4) is 0 Å². The lowest BCUT2D eigenvalue weighted by atomic mass is 9.99. The van der Waals surface area contributed by atoms with Gasteiger partial charge < -0.3 is 9.84 Å². The van der Waals surface area contributed by atoms with Crippen molar-refractivity contribution in [2.24, 2.45) is 0 Å². The van der Waals surface area contributed by atoms with E-state index in [4.69, 9.17) is 4.74 Å². The number of nitriles is 2. The van der Waals surface area contributed by atoms with Crippen molar-refractivity contribution in [1.29, 1.82) is 10.5 Å². The van der Waals surface area contributed by atoms with E-state index in [0.717, 1.165) is 6.26 Å². The van der Waals surface area contributed by atoms with Crippen LogP contribution in [0.4, 0.5) is 4.39 Å². The number of benzene rings is 2. The summed E-state index contributed by atoms with van der Waals surface area (Å²) in [7, 11) is -3.56. The number of nitrogens with zero attached hydrogens (tertiary/aromatic N) is 2. The van der Waals surface area contributed by atoms with Crippen molar-refractivity contribution in [2.45, 2.75) is 50.1 Å². The fraction of sp³-hybridized carbons (Fsp3) is 0.364. The van der Waals surface area contributed by atoms with Crippen LogP contribution < -0.4 is 5.32 Å². The third-order valence-corrected chi connectivity index (χ3v) is 5.43. The summed E-state index contributed by atoms with van der Waals surface area (Å²) >= 11 is 0. The first-order valence-electron chi connectivity index (χ1n) is 9.38. The van der Waals surface area contributed by atoms with Gasteiger partial charge in [0.25, 0.3) is 0 Å². The summed E-state index contributed by atoms with van der Waals surface area (Å²) in [5.74, 6) is -0.573. The molecule has 9 heteroatoms. The number of halogens is 1. The Morgan fingerprint density at radius 3 is 2.29 bits per heavy atom. The van der Waals surface area contributed by atoms with Gasteiger partial charge in [-0.1, -0.05) is 18.2 Å². The fourth-order valence-electron chi connectivity index (χ4n) is 2.92. The molecule has 0 saturated heterocycles. The largest absolute Gasteiger partial charge is 0.356 e. The Bertz CT molecular complexity index is 1140. The molecule has 2 atom stereocenters. The molecular weight excluding hydrogens is 421 g/mol. The molecule has 0 spiro atoms. The second-order valence-electron chi connectivity index (χ2n) is 8.04. The lowest BCUT2D eigenvalue weighted by Crippen LogP contribution is -2.44. The third-order valence-electron chi connectivity index (χ3n) is 4.27. The Kier molecular flexibility index (Phi) is 7.53. The fourth-order valence-corrected chi connectivity index (χ4v) is 3.73. The number of nitrogens with one attached hydrogen (secondary N) is 1. The van der Waals surface area contributed by atoms with Gasteiger partial charge in [0.15, 0.2) is 9.84 Å². The van der Waals surface area contributed by atoms with Gasteiger partial charge in [-0.2, -0.15) is 10.5 Å². The zero-order chi connectivity index (χ0) is 23.4. The summed E-state index contributed by atoms with van der Waals surface area (Å²) in [5.41, 5.74) is 0.535. The predicted octanol–water partition coefficient (Wildman–Crippen LogP) is 2.88. The molecule has 31 heavy (non-hydrogen) atoms. The highest BCUT2D eigenvalue weighted by molar-refractivity contribution is 7.90. The van der Waals surface area contributed by atoms with Crippen molar-refractivity contribution in [3.8, 4) is 23.3 Å². The average Bonchev–Trinajstić information content (AvgIpc) is 2.66. The molecule has 2 aromatic carbocycles. The van der Waals surface area contributed by atoms with Crippen LogP contribution in [0, 0.1) is 28.5 Å². The van der Waals surface area contributed by atoms with Crippen molar-refractivity contribution in [2.75, 3.05) is 6.26 Å². The van der Waals surface area contributed by atoms with Gasteiger partial charge in [0, 0.05) is 12.7 Å². The van der Waals surface area contributed by atoms with Crippen LogP contribution in [-0.2, 0) is 21.0 Å². The van der Waals surface area contributed by atoms with Gasteiger partial charge in [-0.15, -0.1) is 0 Å². The smallest absolute Gasteiger partial charge is 0.215 e. The average molecular weight is 446 g/mol. The van der Waals surface area contributed by atoms with E-state index in [9.17, 15) is 28.4 Å². The molecule has 0 aliphatic rings. The number of hydrogen-bond donors (Lipinski definition) is 2. The molecule has 0 bridgehead atoms. The van der Waals surface area contributed by atoms with Crippen LogP contribution in [0.2, 0.25) is 0 Å². The molecule has 0 aliphatic carbocycles. The molecule has 0 aliphatic heterocycles. The van der Waals surface area contributed by atoms with E-state index in [1.54, 1.807) is 26.8 Å². The monoisotopic (exact) mass is 445 g/mol. The predicted molar refractivity (Wildman–Crippen MR) is 113 cm³/mol. The first-order valence-corrected chi connectivity index (χ1v) is 11.3. The molecule has 0 amide bonds. The Labute approximate surface area is 181 Å². The van der Waals surface area contributed by atoms with E-state index in [1.807, 2.05) is 12.1 Å². The molecule has 7 nitrogen and oxygen atoms in total. The second-order valence-corrected chi connectivity index (χ2v) is 10.0. The van der Waals surface area contributed by atoms with Crippen molar-refractivity contribution in [1.82, 2.24) is 5.32 Å². The minimum atomic E-state index is -3.56. The van der Waals surface area contributed by atoms with Crippen molar-refractivity contribution < 1.29 is 22.7 Å². The minimum Gasteiger partial charge on any atom is -0.356 e. The van der Waals surface area contributed by atoms with Gasteiger partial charge in [0.05, 0.1) is 22.1 Å². The standard InChI is InChI=1S/C22H24FN3O4S/c1-22(2,3)30-21(27)26-18(13-25)10-16-6-5-15(11-19(16)23)14-7-8-20(31(4,28)29)17(9-14)12-24/h5-9,11,18,21,26-27H,10H2,1-4H3/t18-,21?/m0/s1. The molecule has 2 N–H and O–H groups in total. The lowest BCUT2D eigenvalue weighted by molar-refractivity contribution is -0.183. The highest BCUT2D eigenvalue weighted by Crippen LogP contribution is 2.26. The molecule has 1 unspecified atom stereocenters. The summed E-state index contributed by atoms with van der Waals surface area (Å²) < 4.78 is 43.5.